The van der Waals surface area contributed by atoms with Crippen LogP contribution in [-0.2, 0) is 10.2 Å². The van der Waals surface area contributed by atoms with Crippen LogP contribution in [-0.4, -0.2) is 38.6 Å². The van der Waals surface area contributed by atoms with Crippen LogP contribution in [0.2, 0.25) is 0 Å². The number of halogens is 1. The van der Waals surface area contributed by atoms with E-state index in [1.165, 1.54) is 5.56 Å². The number of benzene rings is 2. The highest BCUT2D eigenvalue weighted by Gasteiger charge is 2.18. The Kier molecular flexibility index (Phi) is 7.51. The molecule has 1 fully saturated rings. The molecule has 1 saturated heterocycles. The fraction of sp³-hybridized carbons (Fsp3) is 0.273. The van der Waals surface area contributed by atoms with Gasteiger partial charge >= 0.3 is 0 Å². The summed E-state index contributed by atoms with van der Waals surface area (Å²) in [6.45, 7) is 2.04. The van der Waals surface area contributed by atoms with Gasteiger partial charge in [-0.05, 0) is 77.6 Å². The number of hydrogen-bond donors (Lipinski definition) is 5. The Morgan fingerprint density at radius 2 is 1.82 bits per heavy atom. The van der Waals surface area contributed by atoms with Gasteiger partial charge in [-0.25, -0.2) is 10.1 Å². The molecule has 0 radical (unpaired) electrons. The highest BCUT2D eigenvalue weighted by molar-refractivity contribution is 9.10. The maximum atomic E-state index is 11.5. The average molecular weight is 548 g/mol. The topological polar surface area (TPSA) is 143 Å². The molecule has 0 atom stereocenters. The van der Waals surface area contributed by atoms with E-state index in [0.717, 1.165) is 31.6 Å². The molecule has 10 nitrogen and oxygen atoms in total. The minimum atomic E-state index is -3.93. The van der Waals surface area contributed by atoms with E-state index in [1.807, 2.05) is 6.07 Å². The molecule has 6 N–H and O–H groups in total. The number of nitrogens with zero attached hydrogens (tertiary/aromatic N) is 2. The van der Waals surface area contributed by atoms with E-state index >= 15 is 0 Å². The Labute approximate surface area is 207 Å². The lowest BCUT2D eigenvalue weighted by molar-refractivity contribution is 0.413. The van der Waals surface area contributed by atoms with Crippen LogP contribution in [0.15, 0.2) is 53.1 Å². The quantitative estimate of drug-likeness (QED) is 0.286. The number of ether oxygens (including phenoxy) is 1. The van der Waals surface area contributed by atoms with E-state index < -0.39 is 10.2 Å². The molecule has 4 rings (SSSR count). The Morgan fingerprint density at radius 1 is 1.09 bits per heavy atom. The molecule has 0 amide bonds. The number of piperidine rings is 1. The van der Waals surface area contributed by atoms with E-state index in [9.17, 15) is 8.42 Å². The standard InChI is InChI=1S/C22H26BrN7O3S/c1-33-20-12-15(14-8-10-25-11-9-14)6-7-19(20)28-22-26-13-16(23)21(29-22)27-17-4-2-3-5-18(17)30-34(24,31)32/h2-7,12-14,25,30H,8-11H2,1H3,(H2,24,31,32)(H2,26,27,28,29). The summed E-state index contributed by atoms with van der Waals surface area (Å²) in [5.41, 5.74) is 2.76. The first-order chi connectivity index (χ1) is 16.3. The van der Waals surface area contributed by atoms with Gasteiger partial charge in [-0.1, -0.05) is 18.2 Å². The summed E-state index contributed by atoms with van der Waals surface area (Å²) in [4.78, 5) is 8.88. The van der Waals surface area contributed by atoms with Crippen LogP contribution < -0.4 is 30.5 Å². The van der Waals surface area contributed by atoms with Crippen molar-refractivity contribution in [2.24, 2.45) is 5.14 Å². The van der Waals surface area contributed by atoms with Gasteiger partial charge in [0.1, 0.15) is 11.6 Å². The lowest BCUT2D eigenvalue weighted by atomic mass is 9.90. The zero-order valence-electron chi connectivity index (χ0n) is 18.5. The summed E-state index contributed by atoms with van der Waals surface area (Å²) in [7, 11) is -2.30. The third kappa shape index (κ3) is 6.14. The van der Waals surface area contributed by atoms with E-state index in [4.69, 9.17) is 9.88 Å². The molecule has 1 aliphatic heterocycles. The van der Waals surface area contributed by atoms with Gasteiger partial charge < -0.3 is 20.7 Å². The molecule has 34 heavy (non-hydrogen) atoms. The van der Waals surface area contributed by atoms with Crippen LogP contribution in [0.1, 0.15) is 24.3 Å². The third-order valence-electron chi connectivity index (χ3n) is 5.46. The number of anilines is 5. The Hall–Kier alpha value is -2.93. The first-order valence-corrected chi connectivity index (χ1v) is 13.0. The van der Waals surface area contributed by atoms with Gasteiger partial charge in [0.05, 0.1) is 28.6 Å². The van der Waals surface area contributed by atoms with Crippen LogP contribution >= 0.6 is 15.9 Å². The molecule has 1 aromatic heterocycles. The van der Waals surface area contributed by atoms with Crippen molar-refractivity contribution in [2.75, 3.05) is 35.6 Å². The molecule has 1 aliphatic rings. The van der Waals surface area contributed by atoms with Crippen LogP contribution in [0.25, 0.3) is 0 Å². The number of aromatic nitrogens is 2. The zero-order valence-corrected chi connectivity index (χ0v) is 20.9. The molecule has 0 unspecified atom stereocenters. The third-order valence-corrected chi connectivity index (χ3v) is 6.54. The summed E-state index contributed by atoms with van der Waals surface area (Å²) in [5, 5.41) is 14.8. The van der Waals surface area contributed by atoms with Gasteiger partial charge in [-0.3, -0.25) is 4.72 Å². The molecule has 0 bridgehead atoms. The minimum Gasteiger partial charge on any atom is -0.495 e. The van der Waals surface area contributed by atoms with Gasteiger partial charge in [0.25, 0.3) is 10.2 Å². The summed E-state index contributed by atoms with van der Waals surface area (Å²) in [6.07, 6.45) is 3.80. The molecule has 2 aromatic carbocycles. The van der Waals surface area contributed by atoms with Crippen molar-refractivity contribution in [1.82, 2.24) is 15.3 Å². The van der Waals surface area contributed by atoms with Crippen LogP contribution in [0.5, 0.6) is 5.75 Å². The van der Waals surface area contributed by atoms with Crippen LogP contribution in [0.3, 0.4) is 0 Å². The minimum absolute atomic E-state index is 0.292. The molecule has 2 heterocycles. The second kappa shape index (κ2) is 10.6. The van der Waals surface area contributed by atoms with Crippen molar-refractivity contribution in [3.05, 3.63) is 58.7 Å². The molecule has 180 valence electrons. The number of rotatable bonds is 8. The van der Waals surface area contributed by atoms with Crippen molar-refractivity contribution in [2.45, 2.75) is 18.8 Å². The van der Waals surface area contributed by atoms with Crippen molar-refractivity contribution in [3.63, 3.8) is 0 Å². The molecule has 0 aliphatic carbocycles. The SMILES string of the molecule is COc1cc(C2CCNCC2)ccc1Nc1ncc(Br)c(Nc2ccccc2NS(N)(=O)=O)n1. The largest absolute Gasteiger partial charge is 0.495 e. The van der Waals surface area contributed by atoms with E-state index in [0.29, 0.717) is 39.3 Å². The predicted molar refractivity (Wildman–Crippen MR) is 137 cm³/mol. The lowest BCUT2D eigenvalue weighted by Crippen LogP contribution is -2.26. The molecule has 12 heteroatoms. The van der Waals surface area contributed by atoms with Gasteiger partial charge in [0, 0.05) is 6.20 Å². The number of hydrogen-bond acceptors (Lipinski definition) is 8. The van der Waals surface area contributed by atoms with Crippen LogP contribution in [0.4, 0.5) is 28.8 Å². The highest BCUT2D eigenvalue weighted by Crippen LogP contribution is 2.34. The van der Waals surface area contributed by atoms with Crippen LogP contribution in [0, 0.1) is 0 Å². The fourth-order valence-electron chi connectivity index (χ4n) is 3.82. The normalized spacial score (nSPS) is 14.4. The fourth-order valence-corrected chi connectivity index (χ4v) is 4.59. The second-order valence-electron chi connectivity index (χ2n) is 7.82. The smallest absolute Gasteiger partial charge is 0.296 e. The predicted octanol–water partition coefficient (Wildman–Crippen LogP) is 3.82. The molecule has 0 spiro atoms. The van der Waals surface area contributed by atoms with Gasteiger partial charge in [0.15, 0.2) is 0 Å². The van der Waals surface area contributed by atoms with E-state index in [1.54, 1.807) is 37.6 Å². The van der Waals surface area contributed by atoms with Gasteiger partial charge in [0.2, 0.25) is 5.95 Å². The van der Waals surface area contributed by atoms with E-state index in [-0.39, 0.29) is 0 Å². The maximum absolute atomic E-state index is 11.5. The molecular formula is C22H26BrN7O3S. The summed E-state index contributed by atoms with van der Waals surface area (Å²) >= 11 is 3.43. The summed E-state index contributed by atoms with van der Waals surface area (Å²) in [5.74, 6) is 2.00. The number of nitrogens with two attached hydrogens (primary N) is 1. The Morgan fingerprint density at radius 3 is 2.53 bits per heavy atom. The monoisotopic (exact) mass is 547 g/mol. The van der Waals surface area contributed by atoms with Crippen molar-refractivity contribution >= 4 is 55.0 Å². The zero-order chi connectivity index (χ0) is 24.1. The summed E-state index contributed by atoms with van der Waals surface area (Å²) < 4.78 is 31.5. The average Bonchev–Trinajstić information content (AvgIpc) is 2.82. The van der Waals surface area contributed by atoms with Gasteiger partial charge in [-0.15, -0.1) is 0 Å². The lowest BCUT2D eigenvalue weighted by Gasteiger charge is -2.24. The van der Waals surface area contributed by atoms with Crippen molar-refractivity contribution < 1.29 is 13.2 Å². The van der Waals surface area contributed by atoms with Crippen molar-refractivity contribution in [1.29, 1.82) is 0 Å². The maximum Gasteiger partial charge on any atom is 0.296 e. The molecule has 0 saturated carbocycles. The Bertz CT molecular complexity index is 1270. The van der Waals surface area contributed by atoms with Gasteiger partial charge in [-0.2, -0.15) is 13.4 Å². The first kappa shape index (κ1) is 24.2. The highest BCUT2D eigenvalue weighted by atomic mass is 79.9. The number of nitrogens with one attached hydrogen (secondary N) is 4. The Balaban J connectivity index is 1.56. The number of para-hydroxylation sites is 2. The first-order valence-electron chi connectivity index (χ1n) is 10.7. The molecular weight excluding hydrogens is 522 g/mol. The second-order valence-corrected chi connectivity index (χ2v) is 9.97. The number of methoxy groups -OCH3 is 1. The van der Waals surface area contributed by atoms with E-state index in [2.05, 4.69) is 58.7 Å². The van der Waals surface area contributed by atoms with Crippen molar-refractivity contribution in [3.8, 4) is 5.75 Å². The summed E-state index contributed by atoms with van der Waals surface area (Å²) in [6, 6.07) is 12.9. The molecule has 3 aromatic rings.